The van der Waals surface area contributed by atoms with Gasteiger partial charge in [-0.2, -0.15) is 5.10 Å². The first-order valence-corrected chi connectivity index (χ1v) is 8.50. The van der Waals surface area contributed by atoms with Crippen LogP contribution in [0.5, 0.6) is 0 Å². The molecule has 2 N–H and O–H groups in total. The van der Waals surface area contributed by atoms with Crippen molar-refractivity contribution in [3.05, 3.63) is 82.6 Å². The first-order chi connectivity index (χ1) is 13.4. The molecule has 0 aliphatic heterocycles. The van der Waals surface area contributed by atoms with Gasteiger partial charge in [-0.3, -0.25) is 9.89 Å². The van der Waals surface area contributed by atoms with Gasteiger partial charge in [-0.05, 0) is 47.5 Å². The van der Waals surface area contributed by atoms with E-state index in [9.17, 15) is 18.0 Å². The summed E-state index contributed by atoms with van der Waals surface area (Å²) < 4.78 is 40.1. The Bertz CT molecular complexity index is 1220. The molecule has 3 aromatic carbocycles. The Labute approximate surface area is 162 Å². The average molecular weight is 402 g/mol. The molecular weight excluding hydrogens is 391 g/mol. The third kappa shape index (κ3) is 3.32. The van der Waals surface area contributed by atoms with Crippen molar-refractivity contribution in [2.24, 2.45) is 0 Å². The number of benzene rings is 3. The molecule has 1 aromatic heterocycles. The number of H-pyrrole nitrogens is 1. The van der Waals surface area contributed by atoms with Crippen LogP contribution in [0.1, 0.15) is 10.4 Å². The second-order valence-electron chi connectivity index (χ2n) is 6.04. The summed E-state index contributed by atoms with van der Waals surface area (Å²) in [7, 11) is 0. The summed E-state index contributed by atoms with van der Waals surface area (Å²) in [6.07, 6.45) is 0. The molecule has 0 bridgehead atoms. The molecule has 0 fully saturated rings. The van der Waals surface area contributed by atoms with Crippen LogP contribution in [0.15, 0.2) is 54.6 Å². The first kappa shape index (κ1) is 18.1. The zero-order chi connectivity index (χ0) is 19.8. The van der Waals surface area contributed by atoms with E-state index in [-0.39, 0.29) is 16.4 Å². The Morgan fingerprint density at radius 3 is 2.43 bits per heavy atom. The number of nitrogens with one attached hydrogen (secondary N) is 2. The highest BCUT2D eigenvalue weighted by Gasteiger charge is 2.16. The second kappa shape index (κ2) is 7.01. The van der Waals surface area contributed by atoms with Gasteiger partial charge in [0.05, 0.1) is 16.1 Å². The minimum absolute atomic E-state index is 0.0106. The summed E-state index contributed by atoms with van der Waals surface area (Å²) in [4.78, 5) is 12.3. The van der Waals surface area contributed by atoms with Crippen molar-refractivity contribution in [1.29, 1.82) is 0 Å². The lowest BCUT2D eigenvalue weighted by molar-refractivity contribution is 0.102. The van der Waals surface area contributed by atoms with Crippen molar-refractivity contribution in [2.45, 2.75) is 0 Å². The average Bonchev–Trinajstić information content (AvgIpc) is 3.06. The maximum absolute atomic E-state index is 13.8. The molecule has 1 amide bonds. The predicted octanol–water partition coefficient (Wildman–Crippen LogP) is 5.55. The van der Waals surface area contributed by atoms with Gasteiger partial charge in [-0.25, -0.2) is 13.2 Å². The maximum Gasteiger partial charge on any atom is 0.259 e. The monoisotopic (exact) mass is 401 g/mol. The van der Waals surface area contributed by atoms with Gasteiger partial charge in [0.2, 0.25) is 0 Å². The van der Waals surface area contributed by atoms with Gasteiger partial charge in [0.25, 0.3) is 5.91 Å². The normalized spacial score (nSPS) is 11.0. The minimum Gasteiger partial charge on any atom is -0.304 e. The maximum atomic E-state index is 13.8. The lowest BCUT2D eigenvalue weighted by Crippen LogP contribution is -2.14. The van der Waals surface area contributed by atoms with Crippen LogP contribution < -0.4 is 5.32 Å². The summed E-state index contributed by atoms with van der Waals surface area (Å²) in [5.74, 6) is -2.79. The van der Waals surface area contributed by atoms with Crippen LogP contribution in [0.2, 0.25) is 5.02 Å². The van der Waals surface area contributed by atoms with Gasteiger partial charge in [0, 0.05) is 11.5 Å². The molecule has 0 radical (unpaired) electrons. The highest BCUT2D eigenvalue weighted by Crippen LogP contribution is 2.29. The van der Waals surface area contributed by atoms with Crippen molar-refractivity contribution in [3.63, 3.8) is 0 Å². The summed E-state index contributed by atoms with van der Waals surface area (Å²) in [6, 6.07) is 12.3. The molecule has 4 aromatic rings. The number of carbonyl (C=O) groups is 1. The molecule has 1 heterocycles. The molecule has 4 nitrogen and oxygen atoms in total. The highest BCUT2D eigenvalue weighted by molar-refractivity contribution is 6.31. The van der Waals surface area contributed by atoms with Crippen LogP contribution in [0.4, 0.5) is 19.0 Å². The van der Waals surface area contributed by atoms with E-state index >= 15 is 0 Å². The van der Waals surface area contributed by atoms with Crippen molar-refractivity contribution < 1.29 is 18.0 Å². The summed E-state index contributed by atoms with van der Waals surface area (Å²) >= 11 is 5.83. The largest absolute Gasteiger partial charge is 0.304 e. The molecular formula is C20H11ClF3N3O. The van der Waals surface area contributed by atoms with Gasteiger partial charge in [0.15, 0.2) is 5.82 Å². The van der Waals surface area contributed by atoms with Gasteiger partial charge in [-0.15, -0.1) is 0 Å². The summed E-state index contributed by atoms with van der Waals surface area (Å²) in [6.45, 7) is 0. The molecule has 0 spiro atoms. The molecule has 0 aliphatic carbocycles. The van der Waals surface area contributed by atoms with Gasteiger partial charge in [0.1, 0.15) is 17.5 Å². The smallest absolute Gasteiger partial charge is 0.259 e. The van der Waals surface area contributed by atoms with Crippen LogP contribution in [0, 0.1) is 17.5 Å². The number of carbonyl (C=O) groups excluding carboxylic acids is 1. The second-order valence-corrected chi connectivity index (χ2v) is 6.45. The zero-order valence-corrected chi connectivity index (χ0v) is 14.8. The van der Waals surface area contributed by atoms with Crippen LogP contribution in [-0.2, 0) is 0 Å². The molecule has 4 rings (SSSR count). The number of amides is 1. The van der Waals surface area contributed by atoms with Crippen LogP contribution in [0.25, 0.3) is 22.0 Å². The van der Waals surface area contributed by atoms with Gasteiger partial charge < -0.3 is 5.32 Å². The number of anilines is 1. The number of halogens is 4. The fourth-order valence-electron chi connectivity index (χ4n) is 2.82. The van der Waals surface area contributed by atoms with E-state index in [1.807, 2.05) is 0 Å². The SMILES string of the molecule is O=C(Nc1n[nH]c2cc(-c3ccc(F)c(Cl)c3)ccc12)c1ccc(F)cc1F. The van der Waals surface area contributed by atoms with E-state index in [2.05, 4.69) is 15.5 Å². The third-order valence-corrected chi connectivity index (χ3v) is 4.51. The van der Waals surface area contributed by atoms with Gasteiger partial charge >= 0.3 is 0 Å². The zero-order valence-electron chi connectivity index (χ0n) is 14.1. The molecule has 8 heteroatoms. The number of aromatic amines is 1. The predicted molar refractivity (Wildman–Crippen MR) is 101 cm³/mol. The Morgan fingerprint density at radius 2 is 1.68 bits per heavy atom. The number of fused-ring (bicyclic) bond motifs is 1. The van der Waals surface area contributed by atoms with E-state index in [0.717, 1.165) is 17.7 Å². The Morgan fingerprint density at radius 1 is 0.929 bits per heavy atom. The standard InChI is InChI=1S/C20H11ClF3N3O/c21-15-7-10(2-6-16(15)23)11-1-4-14-18(8-11)26-27-19(14)25-20(28)13-5-3-12(22)9-17(13)24/h1-9H,(H2,25,26,27,28). The topological polar surface area (TPSA) is 57.8 Å². The minimum atomic E-state index is -0.965. The Kier molecular flexibility index (Phi) is 4.52. The van der Waals surface area contributed by atoms with Gasteiger partial charge in [-0.1, -0.05) is 23.7 Å². The van der Waals surface area contributed by atoms with E-state index < -0.39 is 23.4 Å². The highest BCUT2D eigenvalue weighted by atomic mass is 35.5. The van der Waals surface area contributed by atoms with E-state index in [0.29, 0.717) is 22.5 Å². The molecule has 140 valence electrons. The Balaban J connectivity index is 1.64. The number of hydrogen-bond acceptors (Lipinski definition) is 2. The fraction of sp³-hybridized carbons (Fsp3) is 0. The number of nitrogens with zero attached hydrogens (tertiary/aromatic N) is 1. The molecule has 28 heavy (non-hydrogen) atoms. The molecule has 0 saturated carbocycles. The Hall–Kier alpha value is -3.32. The number of aromatic nitrogens is 2. The van der Waals surface area contributed by atoms with Crippen LogP contribution >= 0.6 is 11.6 Å². The van der Waals surface area contributed by atoms with Crippen LogP contribution in [0.3, 0.4) is 0 Å². The lowest BCUT2D eigenvalue weighted by atomic mass is 10.0. The first-order valence-electron chi connectivity index (χ1n) is 8.12. The van der Waals surface area contributed by atoms with Crippen molar-refractivity contribution in [1.82, 2.24) is 10.2 Å². The van der Waals surface area contributed by atoms with Crippen molar-refractivity contribution in [3.8, 4) is 11.1 Å². The fourth-order valence-corrected chi connectivity index (χ4v) is 3.00. The molecule has 0 unspecified atom stereocenters. The van der Waals surface area contributed by atoms with Crippen molar-refractivity contribution in [2.75, 3.05) is 5.32 Å². The van der Waals surface area contributed by atoms with E-state index in [4.69, 9.17) is 11.6 Å². The molecule has 0 aliphatic rings. The summed E-state index contributed by atoms with van der Waals surface area (Å²) in [5, 5.41) is 9.92. The third-order valence-electron chi connectivity index (χ3n) is 4.22. The quantitative estimate of drug-likeness (QED) is 0.472. The molecule has 0 saturated heterocycles. The molecule has 0 atom stereocenters. The summed E-state index contributed by atoms with van der Waals surface area (Å²) in [5.41, 5.74) is 1.78. The van der Waals surface area contributed by atoms with E-state index in [1.165, 1.54) is 12.1 Å². The van der Waals surface area contributed by atoms with Crippen molar-refractivity contribution >= 4 is 34.2 Å². The lowest BCUT2D eigenvalue weighted by Gasteiger charge is -2.05. The number of rotatable bonds is 3. The number of hydrogen-bond donors (Lipinski definition) is 2. The van der Waals surface area contributed by atoms with Crippen LogP contribution in [-0.4, -0.2) is 16.1 Å². The van der Waals surface area contributed by atoms with E-state index in [1.54, 1.807) is 24.3 Å².